The molecule has 0 saturated carbocycles. The zero-order valence-corrected chi connectivity index (χ0v) is 11.5. The molecule has 0 saturated heterocycles. The number of aryl methyl sites for hydroxylation is 2. The van der Waals surface area contributed by atoms with Crippen molar-refractivity contribution in [2.45, 2.75) is 20.4 Å². The first kappa shape index (κ1) is 12.4. The van der Waals surface area contributed by atoms with Crippen molar-refractivity contribution in [1.82, 2.24) is 24.9 Å². The maximum absolute atomic E-state index is 4.08. The maximum atomic E-state index is 4.08. The van der Waals surface area contributed by atoms with Gasteiger partial charge in [0.2, 0.25) is 0 Å². The van der Waals surface area contributed by atoms with Crippen LogP contribution in [0.15, 0.2) is 42.5 Å². The number of para-hydroxylation sites is 1. The molecule has 6 heteroatoms. The lowest BCUT2D eigenvalue weighted by atomic mass is 10.3. The first-order valence-electron chi connectivity index (χ1n) is 6.47. The lowest BCUT2D eigenvalue weighted by molar-refractivity contribution is 0.726. The third-order valence-electron chi connectivity index (χ3n) is 3.20. The number of rotatable bonds is 4. The highest BCUT2D eigenvalue weighted by molar-refractivity contribution is 5.30. The molecule has 2 heterocycles. The first-order valence-corrected chi connectivity index (χ1v) is 6.47. The van der Waals surface area contributed by atoms with Crippen LogP contribution >= 0.6 is 0 Å². The fraction of sp³-hybridized carbons (Fsp3) is 0.214. The number of tetrazole rings is 1. The molecule has 3 rings (SSSR count). The van der Waals surface area contributed by atoms with E-state index in [0.29, 0.717) is 6.54 Å². The summed E-state index contributed by atoms with van der Waals surface area (Å²) in [5.74, 6) is 0.767. The summed E-state index contributed by atoms with van der Waals surface area (Å²) in [6.45, 7) is 4.67. The fourth-order valence-corrected chi connectivity index (χ4v) is 2.15. The Kier molecular flexibility index (Phi) is 3.20. The molecule has 2 aromatic heterocycles. The van der Waals surface area contributed by atoms with Gasteiger partial charge in [0.15, 0.2) is 5.82 Å². The van der Waals surface area contributed by atoms with Crippen molar-refractivity contribution in [3.63, 3.8) is 0 Å². The van der Waals surface area contributed by atoms with Gasteiger partial charge in [-0.25, -0.2) is 0 Å². The van der Waals surface area contributed by atoms with Gasteiger partial charge in [-0.2, -0.15) is 4.68 Å². The minimum atomic E-state index is 0.554. The Labute approximate surface area is 117 Å². The molecule has 0 aliphatic rings. The van der Waals surface area contributed by atoms with Crippen molar-refractivity contribution in [3.05, 3.63) is 59.7 Å². The van der Waals surface area contributed by atoms with Crippen LogP contribution in [0.4, 0.5) is 0 Å². The van der Waals surface area contributed by atoms with Gasteiger partial charge >= 0.3 is 0 Å². The van der Waals surface area contributed by atoms with Crippen LogP contribution in [0.25, 0.3) is 5.69 Å². The third-order valence-corrected chi connectivity index (χ3v) is 3.20. The third kappa shape index (κ3) is 2.27. The van der Waals surface area contributed by atoms with Crippen LogP contribution in [-0.4, -0.2) is 24.9 Å². The second kappa shape index (κ2) is 5.16. The highest BCUT2D eigenvalue weighted by Gasteiger charge is 2.08. The van der Waals surface area contributed by atoms with Crippen molar-refractivity contribution in [3.8, 4) is 5.69 Å². The van der Waals surface area contributed by atoms with E-state index in [1.54, 1.807) is 4.68 Å². The van der Waals surface area contributed by atoms with Gasteiger partial charge in [0.05, 0.1) is 12.2 Å². The van der Waals surface area contributed by atoms with E-state index in [1.807, 2.05) is 35.0 Å². The van der Waals surface area contributed by atoms with Crippen LogP contribution in [0, 0.1) is 13.8 Å². The number of benzene rings is 1. The number of nitrogens with one attached hydrogen (secondary N) is 1. The van der Waals surface area contributed by atoms with Gasteiger partial charge in [-0.05, 0) is 48.5 Å². The zero-order valence-electron chi connectivity index (χ0n) is 11.5. The molecule has 0 amide bonds. The van der Waals surface area contributed by atoms with Crippen molar-refractivity contribution in [2.75, 3.05) is 5.43 Å². The molecular weight excluding hydrogens is 252 g/mol. The van der Waals surface area contributed by atoms with Crippen molar-refractivity contribution in [1.29, 1.82) is 0 Å². The summed E-state index contributed by atoms with van der Waals surface area (Å²) in [5, 5.41) is 11.9. The number of nitrogens with zero attached hydrogens (tertiary/aromatic N) is 5. The lowest BCUT2D eigenvalue weighted by Crippen LogP contribution is -2.19. The van der Waals surface area contributed by atoms with Gasteiger partial charge in [0.25, 0.3) is 0 Å². The molecule has 20 heavy (non-hydrogen) atoms. The molecule has 0 aliphatic heterocycles. The van der Waals surface area contributed by atoms with Crippen LogP contribution < -0.4 is 5.43 Å². The van der Waals surface area contributed by atoms with Crippen molar-refractivity contribution >= 4 is 0 Å². The van der Waals surface area contributed by atoms with E-state index in [1.165, 1.54) is 0 Å². The molecule has 0 bridgehead atoms. The number of aromatic nitrogens is 5. The fourth-order valence-electron chi connectivity index (χ4n) is 2.15. The van der Waals surface area contributed by atoms with Gasteiger partial charge in [-0.3, -0.25) is 4.68 Å². The minimum absolute atomic E-state index is 0.554. The minimum Gasteiger partial charge on any atom is -0.318 e. The zero-order chi connectivity index (χ0) is 13.9. The second-order valence-electron chi connectivity index (χ2n) is 4.63. The largest absolute Gasteiger partial charge is 0.318 e. The van der Waals surface area contributed by atoms with E-state index < -0.39 is 0 Å². The maximum Gasteiger partial charge on any atom is 0.177 e. The van der Waals surface area contributed by atoms with Gasteiger partial charge in [-0.15, -0.1) is 5.10 Å². The van der Waals surface area contributed by atoms with Gasteiger partial charge in [-0.1, -0.05) is 18.2 Å². The second-order valence-corrected chi connectivity index (χ2v) is 4.63. The van der Waals surface area contributed by atoms with E-state index in [4.69, 9.17) is 0 Å². The average Bonchev–Trinajstić information content (AvgIpc) is 3.06. The smallest absolute Gasteiger partial charge is 0.177 e. The normalized spacial score (nSPS) is 10.7. The highest BCUT2D eigenvalue weighted by Crippen LogP contribution is 2.08. The van der Waals surface area contributed by atoms with E-state index >= 15 is 0 Å². The van der Waals surface area contributed by atoms with Crippen LogP contribution in [-0.2, 0) is 6.54 Å². The highest BCUT2D eigenvalue weighted by atomic mass is 15.6. The molecule has 1 N–H and O–H groups in total. The van der Waals surface area contributed by atoms with Crippen LogP contribution in [0.5, 0.6) is 0 Å². The summed E-state index contributed by atoms with van der Waals surface area (Å²) >= 11 is 0. The molecule has 0 radical (unpaired) electrons. The summed E-state index contributed by atoms with van der Waals surface area (Å²) in [5.41, 5.74) is 6.59. The van der Waals surface area contributed by atoms with Crippen LogP contribution in [0.2, 0.25) is 0 Å². The van der Waals surface area contributed by atoms with Gasteiger partial charge < -0.3 is 5.43 Å². The van der Waals surface area contributed by atoms with E-state index in [0.717, 1.165) is 22.9 Å². The lowest BCUT2D eigenvalue weighted by Gasteiger charge is -2.12. The Bertz CT molecular complexity index is 678. The van der Waals surface area contributed by atoms with E-state index in [9.17, 15) is 0 Å². The average molecular weight is 268 g/mol. The van der Waals surface area contributed by atoms with Crippen LogP contribution in [0.3, 0.4) is 0 Å². The quantitative estimate of drug-likeness (QED) is 0.784. The number of hydrogen-bond acceptors (Lipinski definition) is 4. The molecule has 3 aromatic rings. The van der Waals surface area contributed by atoms with Crippen molar-refractivity contribution in [2.24, 2.45) is 0 Å². The summed E-state index contributed by atoms with van der Waals surface area (Å²) < 4.78 is 3.77. The SMILES string of the molecule is Cc1ccc(C)n1NCc1nnnn1-c1ccccc1. The summed E-state index contributed by atoms with van der Waals surface area (Å²) in [4.78, 5) is 0. The molecule has 102 valence electrons. The molecule has 0 atom stereocenters. The van der Waals surface area contributed by atoms with Crippen LogP contribution in [0.1, 0.15) is 17.2 Å². The summed E-state index contributed by atoms with van der Waals surface area (Å²) in [7, 11) is 0. The Morgan fingerprint density at radius 2 is 1.70 bits per heavy atom. The molecular formula is C14H16N6. The molecule has 0 aliphatic carbocycles. The molecule has 0 fully saturated rings. The summed E-state index contributed by atoms with van der Waals surface area (Å²) in [6.07, 6.45) is 0. The topological polar surface area (TPSA) is 60.6 Å². The molecule has 0 unspecified atom stereocenters. The van der Waals surface area contributed by atoms with Gasteiger partial charge in [0, 0.05) is 11.4 Å². The predicted octanol–water partition coefficient (Wildman–Crippen LogP) is 1.82. The number of hydrogen-bond donors (Lipinski definition) is 1. The Balaban J connectivity index is 1.81. The van der Waals surface area contributed by atoms with E-state index in [-0.39, 0.29) is 0 Å². The Morgan fingerprint density at radius 1 is 1.00 bits per heavy atom. The molecule has 6 nitrogen and oxygen atoms in total. The monoisotopic (exact) mass is 268 g/mol. The Hall–Kier alpha value is -2.63. The molecule has 1 aromatic carbocycles. The van der Waals surface area contributed by atoms with Crippen molar-refractivity contribution < 1.29 is 0 Å². The standard InChI is InChI=1S/C14H16N6/c1-11-8-9-12(2)19(11)15-10-14-16-17-18-20(14)13-6-4-3-5-7-13/h3-9,15H,10H2,1-2H3. The van der Waals surface area contributed by atoms with Gasteiger partial charge in [0.1, 0.15) is 0 Å². The first-order chi connectivity index (χ1) is 9.75. The predicted molar refractivity (Wildman–Crippen MR) is 76.1 cm³/mol. The Morgan fingerprint density at radius 3 is 2.40 bits per heavy atom. The molecule has 0 spiro atoms. The summed E-state index contributed by atoms with van der Waals surface area (Å²) in [6, 6.07) is 14.0. The van der Waals surface area contributed by atoms with E-state index in [2.05, 4.69) is 46.9 Å².